The Morgan fingerprint density at radius 3 is 2.42 bits per heavy atom. The first-order chi connectivity index (χ1) is 12.4. The molecular weight excluding hydrogens is 492 g/mol. The summed E-state index contributed by atoms with van der Waals surface area (Å²) in [6.45, 7) is 0. The molecule has 0 bridgehead atoms. The lowest BCUT2D eigenvalue weighted by Crippen LogP contribution is -2.58. The van der Waals surface area contributed by atoms with Crippen LogP contribution in [0.2, 0.25) is 10.0 Å². The fourth-order valence-electron chi connectivity index (χ4n) is 2.30. The van der Waals surface area contributed by atoms with E-state index >= 15 is 0 Å². The quantitative estimate of drug-likeness (QED) is 0.389. The zero-order valence-corrected chi connectivity index (χ0v) is 16.6. The van der Waals surface area contributed by atoms with Gasteiger partial charge in [0, 0.05) is 14.8 Å². The highest BCUT2D eigenvalue weighted by Gasteiger charge is 2.40. The second-order valence-electron chi connectivity index (χ2n) is 5.30. The number of urea groups is 1. The van der Waals surface area contributed by atoms with Gasteiger partial charge in [0.2, 0.25) is 5.91 Å². The van der Waals surface area contributed by atoms with E-state index in [1.807, 2.05) is 0 Å². The number of halogens is 3. The monoisotopic (exact) mass is 501 g/mol. The van der Waals surface area contributed by atoms with Gasteiger partial charge in [0.15, 0.2) is 5.92 Å². The van der Waals surface area contributed by atoms with Crippen molar-refractivity contribution in [3.8, 4) is 0 Å². The summed E-state index contributed by atoms with van der Waals surface area (Å²) >= 11 is 14.0. The molecule has 6 nitrogen and oxygen atoms in total. The number of nitrogens with zero attached hydrogens (tertiary/aromatic N) is 2. The van der Waals surface area contributed by atoms with Crippen molar-refractivity contribution in [2.45, 2.75) is 0 Å². The highest BCUT2D eigenvalue weighted by molar-refractivity contribution is 14.1. The second kappa shape index (κ2) is 7.73. The van der Waals surface area contributed by atoms with E-state index in [0.717, 1.165) is 8.47 Å². The number of hydrogen-bond donors (Lipinski definition) is 1. The summed E-state index contributed by atoms with van der Waals surface area (Å²) in [4.78, 5) is 41.9. The van der Waals surface area contributed by atoms with Crippen LogP contribution in [-0.4, -0.2) is 24.1 Å². The van der Waals surface area contributed by atoms with Crippen LogP contribution < -0.4 is 10.2 Å². The molecule has 1 atom stereocenters. The third-order valence-corrected chi connectivity index (χ3v) is 4.82. The number of anilines is 1. The highest BCUT2D eigenvalue weighted by Crippen LogP contribution is 2.28. The molecule has 26 heavy (non-hydrogen) atoms. The lowest BCUT2D eigenvalue weighted by Gasteiger charge is -2.28. The fraction of sp³-hybridized carbons (Fsp3) is 0.0588. The van der Waals surface area contributed by atoms with Crippen molar-refractivity contribution >= 4 is 81.2 Å². The van der Waals surface area contributed by atoms with Crippen LogP contribution in [0.5, 0.6) is 0 Å². The van der Waals surface area contributed by atoms with Crippen molar-refractivity contribution in [1.82, 2.24) is 5.32 Å². The molecule has 1 heterocycles. The van der Waals surface area contributed by atoms with Gasteiger partial charge in [0.05, 0.1) is 16.4 Å². The van der Waals surface area contributed by atoms with Crippen LogP contribution in [0.15, 0.2) is 47.5 Å². The molecule has 1 N–H and O–H groups in total. The van der Waals surface area contributed by atoms with Crippen molar-refractivity contribution in [3.05, 3.63) is 56.1 Å². The van der Waals surface area contributed by atoms with Gasteiger partial charge in [0.25, 0.3) is 5.91 Å². The normalized spacial score (nSPS) is 17.7. The van der Waals surface area contributed by atoms with Crippen molar-refractivity contribution in [2.75, 3.05) is 4.90 Å². The standard InChI is InChI=1S/C17H10Cl2IN3O3/c18-9-1-6-14(13(19)7-9)21-8-12-15(24)22-17(26)23(16(12)25)11-4-2-10(20)3-5-11/h1-8,12H,(H,22,24,26)/t12-/m1/s1. The molecular formula is C17H10Cl2IN3O3. The summed E-state index contributed by atoms with van der Waals surface area (Å²) in [6, 6.07) is 10.6. The molecule has 0 radical (unpaired) electrons. The molecule has 4 amide bonds. The Kier molecular flexibility index (Phi) is 5.59. The maximum absolute atomic E-state index is 12.7. The van der Waals surface area contributed by atoms with Crippen LogP contribution in [-0.2, 0) is 9.59 Å². The molecule has 1 aliphatic rings. The number of barbiturate groups is 1. The number of carbonyl (C=O) groups is 3. The van der Waals surface area contributed by atoms with Gasteiger partial charge in [0.1, 0.15) is 0 Å². The van der Waals surface area contributed by atoms with Crippen molar-refractivity contribution in [3.63, 3.8) is 0 Å². The minimum absolute atomic E-state index is 0.281. The predicted molar refractivity (Wildman–Crippen MR) is 108 cm³/mol. The van der Waals surface area contributed by atoms with Crippen LogP contribution >= 0.6 is 45.8 Å². The number of carbonyl (C=O) groups excluding carboxylic acids is 3. The van der Waals surface area contributed by atoms with E-state index < -0.39 is 23.8 Å². The summed E-state index contributed by atoms with van der Waals surface area (Å²) < 4.78 is 0.947. The first-order valence-electron chi connectivity index (χ1n) is 7.30. The van der Waals surface area contributed by atoms with Gasteiger partial charge >= 0.3 is 6.03 Å². The van der Waals surface area contributed by atoms with Crippen LogP contribution in [0.4, 0.5) is 16.2 Å². The lowest BCUT2D eigenvalue weighted by molar-refractivity contribution is -0.131. The van der Waals surface area contributed by atoms with E-state index in [1.165, 1.54) is 12.3 Å². The van der Waals surface area contributed by atoms with Gasteiger partial charge in [-0.25, -0.2) is 9.69 Å². The first kappa shape index (κ1) is 18.8. The minimum atomic E-state index is -1.25. The zero-order chi connectivity index (χ0) is 18.8. The maximum atomic E-state index is 12.7. The average Bonchev–Trinajstić information content (AvgIpc) is 2.57. The summed E-state index contributed by atoms with van der Waals surface area (Å²) in [6.07, 6.45) is 1.17. The largest absolute Gasteiger partial charge is 0.335 e. The number of aliphatic imine (C=N–C) groups is 1. The van der Waals surface area contributed by atoms with E-state index in [9.17, 15) is 14.4 Å². The molecule has 1 aliphatic heterocycles. The third kappa shape index (κ3) is 3.89. The minimum Gasteiger partial charge on any atom is -0.276 e. The molecule has 0 unspecified atom stereocenters. The average molecular weight is 502 g/mol. The van der Waals surface area contributed by atoms with Crippen LogP contribution in [0.25, 0.3) is 0 Å². The summed E-state index contributed by atoms with van der Waals surface area (Å²) in [7, 11) is 0. The van der Waals surface area contributed by atoms with Crippen molar-refractivity contribution in [2.24, 2.45) is 10.9 Å². The number of imide groups is 2. The number of benzene rings is 2. The van der Waals surface area contributed by atoms with Crippen LogP contribution in [0.1, 0.15) is 0 Å². The molecule has 0 aromatic heterocycles. The molecule has 0 aliphatic carbocycles. The smallest absolute Gasteiger partial charge is 0.276 e. The fourth-order valence-corrected chi connectivity index (χ4v) is 3.11. The Morgan fingerprint density at radius 1 is 1.08 bits per heavy atom. The molecule has 0 saturated carbocycles. The lowest BCUT2D eigenvalue weighted by atomic mass is 10.1. The Bertz CT molecular complexity index is 931. The Balaban J connectivity index is 1.90. The van der Waals surface area contributed by atoms with E-state index in [-0.39, 0.29) is 5.02 Å². The molecule has 1 saturated heterocycles. The van der Waals surface area contributed by atoms with Gasteiger partial charge < -0.3 is 0 Å². The molecule has 2 aromatic rings. The second-order valence-corrected chi connectivity index (χ2v) is 7.39. The van der Waals surface area contributed by atoms with E-state index in [2.05, 4.69) is 32.9 Å². The molecule has 0 spiro atoms. The highest BCUT2D eigenvalue weighted by atomic mass is 127. The van der Waals surface area contributed by atoms with Gasteiger partial charge in [-0.15, -0.1) is 0 Å². The SMILES string of the molecule is O=C1NC(=O)N(c2ccc(I)cc2)C(=O)[C@@H]1C=Nc1ccc(Cl)cc1Cl. The number of rotatable bonds is 3. The van der Waals surface area contributed by atoms with Crippen molar-refractivity contribution in [1.29, 1.82) is 0 Å². The van der Waals surface area contributed by atoms with Crippen molar-refractivity contribution < 1.29 is 14.4 Å². The third-order valence-electron chi connectivity index (χ3n) is 3.56. The number of amides is 4. The summed E-state index contributed by atoms with van der Waals surface area (Å²) in [5.74, 6) is -2.68. The van der Waals surface area contributed by atoms with Gasteiger partial charge in [-0.3, -0.25) is 19.9 Å². The molecule has 132 valence electrons. The molecule has 9 heteroatoms. The predicted octanol–water partition coefficient (Wildman–Crippen LogP) is 4.20. The topological polar surface area (TPSA) is 78.8 Å². The van der Waals surface area contributed by atoms with Gasteiger partial charge in [-0.2, -0.15) is 0 Å². The van der Waals surface area contributed by atoms with E-state index in [0.29, 0.717) is 16.4 Å². The van der Waals surface area contributed by atoms with Crippen LogP contribution in [0.3, 0.4) is 0 Å². The molecule has 1 fully saturated rings. The zero-order valence-electron chi connectivity index (χ0n) is 12.9. The summed E-state index contributed by atoms with van der Waals surface area (Å²) in [5.41, 5.74) is 0.720. The van der Waals surface area contributed by atoms with Gasteiger partial charge in [-0.1, -0.05) is 23.2 Å². The Labute approximate surface area is 172 Å². The molecule has 3 rings (SSSR count). The summed E-state index contributed by atoms with van der Waals surface area (Å²) in [5, 5.41) is 2.88. The Hall–Kier alpha value is -1.97. The van der Waals surface area contributed by atoms with E-state index in [1.54, 1.807) is 36.4 Å². The number of nitrogens with one attached hydrogen (secondary N) is 1. The van der Waals surface area contributed by atoms with E-state index in [4.69, 9.17) is 23.2 Å². The van der Waals surface area contributed by atoms with Crippen LogP contribution in [0, 0.1) is 9.49 Å². The van der Waals surface area contributed by atoms with Gasteiger partial charge in [-0.05, 0) is 65.1 Å². The molecule has 2 aromatic carbocycles. The number of hydrogen-bond acceptors (Lipinski definition) is 4. The first-order valence-corrected chi connectivity index (χ1v) is 9.14. The maximum Gasteiger partial charge on any atom is 0.335 e. The Morgan fingerprint density at radius 2 is 1.77 bits per heavy atom.